The van der Waals surface area contributed by atoms with E-state index in [-0.39, 0.29) is 11.8 Å². The lowest BCUT2D eigenvalue weighted by Crippen LogP contribution is -2.32. The smallest absolute Gasteiger partial charge is 0.248 e. The van der Waals surface area contributed by atoms with Gasteiger partial charge >= 0.3 is 0 Å². The van der Waals surface area contributed by atoms with E-state index in [1.54, 1.807) is 21.0 Å². The molecule has 0 heterocycles. The number of hydrogen-bond acceptors (Lipinski definition) is 3. The summed E-state index contributed by atoms with van der Waals surface area (Å²) in [6.07, 6.45) is 0.600. The van der Waals surface area contributed by atoms with E-state index >= 15 is 0 Å². The summed E-state index contributed by atoms with van der Waals surface area (Å²) >= 11 is 0. The highest BCUT2D eigenvalue weighted by atomic mass is 16.5. The molecule has 0 aliphatic rings. The molecule has 2 N–H and O–H groups in total. The SMILES string of the molecule is CNC(=O)CCCOC(C)C(=O)NC. The molecule has 0 spiro atoms. The van der Waals surface area contributed by atoms with Crippen molar-refractivity contribution in [3.63, 3.8) is 0 Å². The second-order valence-electron chi connectivity index (χ2n) is 2.90. The number of likely N-dealkylation sites (N-methyl/N-ethyl adjacent to an activating group) is 1. The minimum absolute atomic E-state index is 0.0128. The van der Waals surface area contributed by atoms with Gasteiger partial charge in [-0.3, -0.25) is 9.59 Å². The second-order valence-corrected chi connectivity index (χ2v) is 2.90. The van der Waals surface area contributed by atoms with E-state index in [2.05, 4.69) is 10.6 Å². The number of rotatable bonds is 6. The fourth-order valence-electron chi connectivity index (χ4n) is 0.897. The zero-order valence-corrected chi connectivity index (χ0v) is 8.92. The zero-order chi connectivity index (χ0) is 11.0. The van der Waals surface area contributed by atoms with E-state index in [1.165, 1.54) is 0 Å². The van der Waals surface area contributed by atoms with Crippen LogP contribution in [0.1, 0.15) is 19.8 Å². The van der Waals surface area contributed by atoms with Crippen LogP contribution >= 0.6 is 0 Å². The summed E-state index contributed by atoms with van der Waals surface area (Å²) in [5.41, 5.74) is 0. The van der Waals surface area contributed by atoms with E-state index in [0.717, 1.165) is 0 Å². The highest BCUT2D eigenvalue weighted by Crippen LogP contribution is 1.95. The summed E-state index contributed by atoms with van der Waals surface area (Å²) < 4.78 is 5.20. The van der Waals surface area contributed by atoms with E-state index in [0.29, 0.717) is 19.4 Å². The molecule has 0 aromatic heterocycles. The minimum Gasteiger partial charge on any atom is -0.369 e. The van der Waals surface area contributed by atoms with Crippen LogP contribution in [-0.2, 0) is 14.3 Å². The summed E-state index contributed by atoms with van der Waals surface area (Å²) in [5, 5.41) is 5.00. The second kappa shape index (κ2) is 7.32. The number of carbonyl (C=O) groups is 2. The quantitative estimate of drug-likeness (QED) is 0.579. The van der Waals surface area contributed by atoms with Gasteiger partial charge in [-0.2, -0.15) is 0 Å². The van der Waals surface area contributed by atoms with Crippen LogP contribution in [0.2, 0.25) is 0 Å². The van der Waals surface area contributed by atoms with Crippen LogP contribution in [0.15, 0.2) is 0 Å². The standard InChI is InChI=1S/C9H18N2O3/c1-7(9(13)11-3)14-6-4-5-8(12)10-2/h7H,4-6H2,1-3H3,(H,10,12)(H,11,13). The predicted octanol–water partition coefficient (Wildman–Crippen LogP) is -0.336. The minimum atomic E-state index is -0.454. The molecule has 2 amide bonds. The molecule has 0 saturated heterocycles. The molecule has 0 saturated carbocycles. The average molecular weight is 202 g/mol. The molecule has 1 atom stereocenters. The van der Waals surface area contributed by atoms with Crippen LogP contribution in [0.5, 0.6) is 0 Å². The van der Waals surface area contributed by atoms with E-state index in [4.69, 9.17) is 4.74 Å². The molecule has 82 valence electrons. The molecule has 0 bridgehead atoms. The number of amides is 2. The first-order valence-corrected chi connectivity index (χ1v) is 4.65. The van der Waals surface area contributed by atoms with Crippen LogP contribution in [0.4, 0.5) is 0 Å². The predicted molar refractivity (Wildman–Crippen MR) is 52.8 cm³/mol. The van der Waals surface area contributed by atoms with Crippen molar-refractivity contribution in [1.82, 2.24) is 10.6 Å². The Labute approximate surface area is 84.2 Å². The first-order chi connectivity index (χ1) is 6.61. The van der Waals surface area contributed by atoms with Gasteiger partial charge in [-0.05, 0) is 13.3 Å². The molecule has 0 rings (SSSR count). The molecule has 5 heteroatoms. The Kier molecular flexibility index (Phi) is 6.74. The molecule has 0 aliphatic heterocycles. The van der Waals surface area contributed by atoms with Crippen LogP contribution in [0.25, 0.3) is 0 Å². The van der Waals surface area contributed by atoms with Crippen molar-refractivity contribution in [2.45, 2.75) is 25.9 Å². The Morgan fingerprint density at radius 1 is 1.29 bits per heavy atom. The van der Waals surface area contributed by atoms with Gasteiger partial charge < -0.3 is 15.4 Å². The number of nitrogens with one attached hydrogen (secondary N) is 2. The van der Waals surface area contributed by atoms with Gasteiger partial charge in [-0.15, -0.1) is 0 Å². The van der Waals surface area contributed by atoms with Crippen molar-refractivity contribution in [3.05, 3.63) is 0 Å². The van der Waals surface area contributed by atoms with Crippen LogP contribution < -0.4 is 10.6 Å². The lowest BCUT2D eigenvalue weighted by atomic mass is 10.3. The fraction of sp³-hybridized carbons (Fsp3) is 0.778. The van der Waals surface area contributed by atoms with Crippen molar-refractivity contribution in [2.24, 2.45) is 0 Å². The summed E-state index contributed by atoms with van der Waals surface area (Å²) in [4.78, 5) is 21.8. The maximum atomic E-state index is 11.0. The molecule has 0 aromatic carbocycles. The monoisotopic (exact) mass is 202 g/mol. The van der Waals surface area contributed by atoms with Crippen molar-refractivity contribution < 1.29 is 14.3 Å². The lowest BCUT2D eigenvalue weighted by Gasteiger charge is -2.10. The van der Waals surface area contributed by atoms with Gasteiger partial charge in [0.15, 0.2) is 0 Å². The Morgan fingerprint density at radius 3 is 2.43 bits per heavy atom. The maximum absolute atomic E-state index is 11.0. The van der Waals surface area contributed by atoms with Gasteiger partial charge in [0.05, 0.1) is 0 Å². The van der Waals surface area contributed by atoms with Crippen molar-refractivity contribution in [2.75, 3.05) is 20.7 Å². The lowest BCUT2D eigenvalue weighted by molar-refractivity contribution is -0.131. The number of hydrogen-bond donors (Lipinski definition) is 2. The van der Waals surface area contributed by atoms with Crippen LogP contribution in [0, 0.1) is 0 Å². The van der Waals surface area contributed by atoms with Gasteiger partial charge in [-0.25, -0.2) is 0 Å². The van der Waals surface area contributed by atoms with Crippen molar-refractivity contribution in [3.8, 4) is 0 Å². The van der Waals surface area contributed by atoms with Crippen LogP contribution in [0.3, 0.4) is 0 Å². The van der Waals surface area contributed by atoms with Gasteiger partial charge in [-0.1, -0.05) is 0 Å². The molecular weight excluding hydrogens is 184 g/mol. The number of ether oxygens (including phenoxy) is 1. The first kappa shape index (κ1) is 12.9. The summed E-state index contributed by atoms with van der Waals surface area (Å²) in [6, 6.07) is 0. The third-order valence-corrected chi connectivity index (χ3v) is 1.81. The van der Waals surface area contributed by atoms with Crippen molar-refractivity contribution in [1.29, 1.82) is 0 Å². The Balaban J connectivity index is 3.45. The maximum Gasteiger partial charge on any atom is 0.248 e. The molecule has 5 nitrogen and oxygen atoms in total. The fourth-order valence-corrected chi connectivity index (χ4v) is 0.897. The largest absolute Gasteiger partial charge is 0.369 e. The molecule has 0 fully saturated rings. The van der Waals surface area contributed by atoms with E-state index in [9.17, 15) is 9.59 Å². The summed E-state index contributed by atoms with van der Waals surface area (Å²) in [6.45, 7) is 2.10. The first-order valence-electron chi connectivity index (χ1n) is 4.65. The Morgan fingerprint density at radius 2 is 1.93 bits per heavy atom. The summed E-state index contributed by atoms with van der Waals surface area (Å²) in [7, 11) is 3.16. The van der Waals surface area contributed by atoms with Gasteiger partial charge in [0.1, 0.15) is 6.10 Å². The zero-order valence-electron chi connectivity index (χ0n) is 8.92. The Hall–Kier alpha value is -1.10. The normalized spacial score (nSPS) is 11.9. The molecule has 0 aromatic rings. The van der Waals surface area contributed by atoms with E-state index < -0.39 is 6.10 Å². The molecule has 1 unspecified atom stereocenters. The van der Waals surface area contributed by atoms with Crippen LogP contribution in [-0.4, -0.2) is 38.6 Å². The van der Waals surface area contributed by atoms with Gasteiger partial charge in [0.2, 0.25) is 11.8 Å². The van der Waals surface area contributed by atoms with Crippen molar-refractivity contribution >= 4 is 11.8 Å². The van der Waals surface area contributed by atoms with Gasteiger partial charge in [0, 0.05) is 27.1 Å². The molecule has 0 radical (unpaired) electrons. The Bertz CT molecular complexity index is 194. The highest BCUT2D eigenvalue weighted by molar-refractivity contribution is 5.79. The highest BCUT2D eigenvalue weighted by Gasteiger charge is 2.10. The third-order valence-electron chi connectivity index (χ3n) is 1.81. The third kappa shape index (κ3) is 5.53. The van der Waals surface area contributed by atoms with E-state index in [1.807, 2.05) is 0 Å². The average Bonchev–Trinajstić information content (AvgIpc) is 2.22. The molecule has 14 heavy (non-hydrogen) atoms. The molecular formula is C9H18N2O3. The summed E-state index contributed by atoms with van der Waals surface area (Å²) in [5.74, 6) is -0.161. The van der Waals surface area contributed by atoms with Gasteiger partial charge in [0.25, 0.3) is 0 Å². The topological polar surface area (TPSA) is 67.4 Å². The molecule has 0 aliphatic carbocycles. The number of carbonyl (C=O) groups excluding carboxylic acids is 2.